The molecule has 2 aromatic carbocycles. The molecule has 0 N–H and O–H groups in total. The van der Waals surface area contributed by atoms with Crippen LogP contribution in [0.2, 0.25) is 0 Å². The summed E-state index contributed by atoms with van der Waals surface area (Å²) in [5.74, 6) is 0. The molecule has 0 spiro atoms. The Morgan fingerprint density at radius 1 is 0.773 bits per heavy atom. The molecule has 0 aliphatic carbocycles. The summed E-state index contributed by atoms with van der Waals surface area (Å²) in [4.78, 5) is 11.2. The molecule has 0 bridgehead atoms. The van der Waals surface area contributed by atoms with Crippen LogP contribution < -0.4 is 0 Å². The van der Waals surface area contributed by atoms with Gasteiger partial charge >= 0.3 is 0 Å². The van der Waals surface area contributed by atoms with Crippen molar-refractivity contribution in [3.05, 3.63) is 47.5 Å². The molecule has 0 amide bonds. The van der Waals surface area contributed by atoms with Crippen molar-refractivity contribution in [2.45, 2.75) is 19.8 Å². The molecule has 0 radical (unpaired) electrons. The van der Waals surface area contributed by atoms with Crippen molar-refractivity contribution < 1.29 is 0 Å². The lowest BCUT2D eigenvalue weighted by molar-refractivity contribution is 0.952. The Labute approximate surface area is 134 Å². The Kier molecular flexibility index (Phi) is 3.00. The summed E-state index contributed by atoms with van der Waals surface area (Å²) in [7, 11) is 0. The standard InChI is InChI=1S/C16H6N4S2/c17-7-9-5-13-14(6-10(9)8-18)22-16-15(21-13)19-11-3-1-2-4-12(11)20-16/h1-6H. The first-order valence-electron chi connectivity index (χ1n) is 6.39. The van der Waals surface area contributed by atoms with Gasteiger partial charge in [-0.3, -0.25) is 0 Å². The van der Waals surface area contributed by atoms with Gasteiger partial charge in [0.2, 0.25) is 0 Å². The lowest BCUT2D eigenvalue weighted by atomic mass is 10.1. The van der Waals surface area contributed by atoms with E-state index in [1.54, 1.807) is 12.1 Å². The maximum absolute atomic E-state index is 9.14. The molecule has 0 atom stereocenters. The molecule has 4 rings (SSSR count). The summed E-state index contributed by atoms with van der Waals surface area (Å²) in [5, 5.41) is 20.0. The summed E-state index contributed by atoms with van der Waals surface area (Å²) >= 11 is 2.98. The van der Waals surface area contributed by atoms with Crippen LogP contribution in [-0.4, -0.2) is 9.97 Å². The Morgan fingerprint density at radius 2 is 1.23 bits per heavy atom. The fraction of sp³-hybridized carbons (Fsp3) is 0. The molecular weight excluding hydrogens is 312 g/mol. The van der Waals surface area contributed by atoms with Crippen LogP contribution in [0.15, 0.2) is 56.2 Å². The number of rotatable bonds is 0. The highest BCUT2D eigenvalue weighted by Crippen LogP contribution is 2.47. The van der Waals surface area contributed by atoms with Gasteiger partial charge in [-0.05, 0) is 24.3 Å². The van der Waals surface area contributed by atoms with Crippen LogP contribution in [-0.2, 0) is 0 Å². The summed E-state index contributed by atoms with van der Waals surface area (Å²) in [6.45, 7) is 0. The molecular formula is C16H6N4S2. The van der Waals surface area contributed by atoms with Crippen LogP contribution in [0.25, 0.3) is 11.0 Å². The highest BCUT2D eigenvalue weighted by molar-refractivity contribution is 8.05. The highest BCUT2D eigenvalue weighted by atomic mass is 32.2. The number of fused-ring (bicyclic) bond motifs is 3. The number of benzene rings is 2. The van der Waals surface area contributed by atoms with E-state index in [9.17, 15) is 0 Å². The van der Waals surface area contributed by atoms with Crippen LogP contribution in [0.1, 0.15) is 11.1 Å². The first kappa shape index (κ1) is 13.1. The minimum Gasteiger partial charge on any atom is -0.237 e. The molecule has 102 valence electrons. The number of hydrogen-bond acceptors (Lipinski definition) is 6. The van der Waals surface area contributed by atoms with Gasteiger partial charge in [-0.1, -0.05) is 35.7 Å². The normalized spacial score (nSPS) is 12.1. The quantitative estimate of drug-likeness (QED) is 0.488. The summed E-state index contributed by atoms with van der Waals surface area (Å²) < 4.78 is 0. The van der Waals surface area contributed by atoms with E-state index in [-0.39, 0.29) is 0 Å². The second-order valence-corrected chi connectivity index (χ2v) is 6.66. The van der Waals surface area contributed by atoms with Crippen molar-refractivity contribution in [1.29, 1.82) is 10.5 Å². The van der Waals surface area contributed by atoms with Crippen LogP contribution in [0.4, 0.5) is 0 Å². The van der Waals surface area contributed by atoms with Gasteiger partial charge in [0, 0.05) is 9.79 Å². The van der Waals surface area contributed by atoms with Crippen LogP contribution >= 0.6 is 23.5 Å². The second kappa shape index (κ2) is 5.03. The van der Waals surface area contributed by atoms with Gasteiger partial charge in [0.25, 0.3) is 0 Å². The number of nitriles is 2. The Balaban J connectivity index is 1.88. The third-order valence-electron chi connectivity index (χ3n) is 3.25. The van der Waals surface area contributed by atoms with Crippen molar-refractivity contribution in [3.8, 4) is 12.1 Å². The van der Waals surface area contributed by atoms with E-state index in [0.29, 0.717) is 11.1 Å². The van der Waals surface area contributed by atoms with Crippen LogP contribution in [0.3, 0.4) is 0 Å². The minimum absolute atomic E-state index is 0.395. The summed E-state index contributed by atoms with van der Waals surface area (Å²) in [6.07, 6.45) is 0. The molecule has 0 unspecified atom stereocenters. The predicted molar refractivity (Wildman–Crippen MR) is 83.7 cm³/mol. The third kappa shape index (κ3) is 2.01. The lowest BCUT2D eigenvalue weighted by Gasteiger charge is -2.17. The molecule has 3 aromatic rings. The minimum atomic E-state index is 0.395. The fourth-order valence-electron chi connectivity index (χ4n) is 2.21. The molecule has 22 heavy (non-hydrogen) atoms. The molecule has 0 saturated heterocycles. The fourth-order valence-corrected chi connectivity index (χ4v) is 4.36. The van der Waals surface area contributed by atoms with Gasteiger partial charge in [0.05, 0.1) is 22.2 Å². The topological polar surface area (TPSA) is 73.4 Å². The average molecular weight is 318 g/mol. The zero-order valence-corrected chi connectivity index (χ0v) is 12.7. The second-order valence-electron chi connectivity index (χ2n) is 4.59. The predicted octanol–water partition coefficient (Wildman–Crippen LogP) is 3.99. The van der Waals surface area contributed by atoms with Crippen LogP contribution in [0, 0.1) is 22.7 Å². The molecule has 0 fully saturated rings. The van der Waals surface area contributed by atoms with E-state index in [0.717, 1.165) is 30.9 Å². The molecule has 1 aliphatic rings. The molecule has 6 heteroatoms. The van der Waals surface area contributed by atoms with Crippen molar-refractivity contribution in [1.82, 2.24) is 9.97 Å². The number of hydrogen-bond donors (Lipinski definition) is 0. The van der Waals surface area contributed by atoms with E-state index in [1.165, 1.54) is 23.5 Å². The van der Waals surface area contributed by atoms with Crippen molar-refractivity contribution in [2.24, 2.45) is 0 Å². The Hall–Kier alpha value is -2.54. The van der Waals surface area contributed by atoms with E-state index in [4.69, 9.17) is 10.5 Å². The largest absolute Gasteiger partial charge is 0.237 e. The monoisotopic (exact) mass is 318 g/mol. The number of para-hydroxylation sites is 2. The Morgan fingerprint density at radius 3 is 1.64 bits per heavy atom. The van der Waals surface area contributed by atoms with Crippen LogP contribution in [0.5, 0.6) is 0 Å². The number of nitrogens with zero attached hydrogens (tertiary/aromatic N) is 4. The van der Waals surface area contributed by atoms with Gasteiger partial charge in [0.1, 0.15) is 22.2 Å². The third-order valence-corrected chi connectivity index (χ3v) is 5.58. The molecule has 2 heterocycles. The van der Waals surface area contributed by atoms with Gasteiger partial charge in [0.15, 0.2) is 0 Å². The molecule has 0 saturated carbocycles. The maximum atomic E-state index is 9.14. The van der Waals surface area contributed by atoms with Crippen molar-refractivity contribution in [2.75, 3.05) is 0 Å². The maximum Gasteiger partial charge on any atom is 0.134 e. The van der Waals surface area contributed by atoms with Gasteiger partial charge < -0.3 is 0 Å². The highest BCUT2D eigenvalue weighted by Gasteiger charge is 2.22. The first-order chi connectivity index (χ1) is 10.8. The van der Waals surface area contributed by atoms with E-state index in [1.807, 2.05) is 24.3 Å². The SMILES string of the molecule is N#Cc1cc2c(cc1C#N)Sc1nc3ccccc3nc1S2. The van der Waals surface area contributed by atoms with Crippen molar-refractivity contribution in [3.63, 3.8) is 0 Å². The summed E-state index contributed by atoms with van der Waals surface area (Å²) in [6, 6.07) is 15.4. The Bertz CT molecular complexity index is 934. The van der Waals surface area contributed by atoms with Gasteiger partial charge in [-0.25, -0.2) is 9.97 Å². The molecule has 1 aromatic heterocycles. The average Bonchev–Trinajstić information content (AvgIpc) is 2.56. The van der Waals surface area contributed by atoms with Crippen molar-refractivity contribution >= 4 is 34.6 Å². The van der Waals surface area contributed by atoms with E-state index < -0.39 is 0 Å². The number of aromatic nitrogens is 2. The lowest BCUT2D eigenvalue weighted by Crippen LogP contribution is -1.98. The molecule has 1 aliphatic heterocycles. The first-order valence-corrected chi connectivity index (χ1v) is 8.02. The van der Waals surface area contributed by atoms with Gasteiger partial charge in [-0.2, -0.15) is 10.5 Å². The van der Waals surface area contributed by atoms with E-state index in [2.05, 4.69) is 22.1 Å². The zero-order chi connectivity index (χ0) is 15.1. The summed E-state index contributed by atoms with van der Waals surface area (Å²) in [5.41, 5.74) is 2.50. The van der Waals surface area contributed by atoms with Gasteiger partial charge in [-0.15, -0.1) is 0 Å². The zero-order valence-electron chi connectivity index (χ0n) is 11.1. The van der Waals surface area contributed by atoms with E-state index >= 15 is 0 Å². The smallest absolute Gasteiger partial charge is 0.134 e. The molecule has 4 nitrogen and oxygen atoms in total.